The fraction of sp³-hybridized carbons (Fsp3) is 0.778. The molecule has 0 saturated heterocycles. The molecule has 0 aliphatic heterocycles. The van der Waals surface area contributed by atoms with E-state index >= 15 is 0 Å². The average molecular weight is 221 g/mol. The second kappa shape index (κ2) is 5.86. The zero-order chi connectivity index (χ0) is 11.2. The van der Waals surface area contributed by atoms with Crippen LogP contribution in [0.4, 0.5) is 0 Å². The lowest BCUT2D eigenvalue weighted by molar-refractivity contribution is -0.125. The van der Waals surface area contributed by atoms with Crippen molar-refractivity contribution in [1.82, 2.24) is 10.6 Å². The zero-order valence-corrected chi connectivity index (χ0v) is 9.57. The molecule has 0 aromatic carbocycles. The number of amides is 2. The van der Waals surface area contributed by atoms with Crippen molar-refractivity contribution >= 4 is 23.4 Å². The summed E-state index contributed by atoms with van der Waals surface area (Å²) in [6.07, 6.45) is 0. The van der Waals surface area contributed by atoms with Crippen LogP contribution in [-0.2, 0) is 9.59 Å². The van der Waals surface area contributed by atoms with Crippen LogP contribution in [0.5, 0.6) is 0 Å². The molecule has 0 aliphatic rings. The van der Waals surface area contributed by atoms with Crippen LogP contribution >= 0.6 is 11.6 Å². The van der Waals surface area contributed by atoms with Crippen molar-refractivity contribution in [2.75, 3.05) is 19.0 Å². The third-order valence-corrected chi connectivity index (χ3v) is 1.63. The van der Waals surface area contributed by atoms with Crippen molar-refractivity contribution < 1.29 is 9.59 Å². The zero-order valence-electron chi connectivity index (χ0n) is 8.82. The van der Waals surface area contributed by atoms with Gasteiger partial charge in [-0.2, -0.15) is 0 Å². The summed E-state index contributed by atoms with van der Waals surface area (Å²) in [5.41, 5.74) is 0.0478. The Morgan fingerprint density at radius 3 is 2.14 bits per heavy atom. The number of halogens is 1. The summed E-state index contributed by atoms with van der Waals surface area (Å²) >= 11 is 5.24. The Kier molecular flexibility index (Phi) is 5.53. The maximum Gasteiger partial charge on any atom is 0.239 e. The van der Waals surface area contributed by atoms with Crippen LogP contribution in [0.1, 0.15) is 20.8 Å². The molecule has 0 aliphatic carbocycles. The van der Waals surface area contributed by atoms with E-state index in [0.717, 1.165) is 0 Å². The Bertz CT molecular complexity index is 211. The molecule has 4 nitrogen and oxygen atoms in total. The summed E-state index contributed by atoms with van der Waals surface area (Å²) in [6, 6.07) is 0. The summed E-state index contributed by atoms with van der Waals surface area (Å²) in [7, 11) is 0. The SMILES string of the molecule is CC(C)(C)CNC(=O)CNC(=O)CCl. The largest absolute Gasteiger partial charge is 0.354 e. The highest BCUT2D eigenvalue weighted by molar-refractivity contribution is 6.27. The summed E-state index contributed by atoms with van der Waals surface area (Å²) in [6.45, 7) is 6.63. The van der Waals surface area contributed by atoms with E-state index in [4.69, 9.17) is 11.6 Å². The van der Waals surface area contributed by atoms with Gasteiger partial charge in [-0.25, -0.2) is 0 Å². The molecule has 14 heavy (non-hydrogen) atoms. The van der Waals surface area contributed by atoms with E-state index in [1.807, 2.05) is 20.8 Å². The molecule has 0 rings (SSSR count). The van der Waals surface area contributed by atoms with E-state index in [-0.39, 0.29) is 29.7 Å². The first-order valence-corrected chi connectivity index (χ1v) is 4.98. The standard InChI is InChI=1S/C9H17ClN2O2/c1-9(2,3)6-12-8(14)5-11-7(13)4-10/h4-6H2,1-3H3,(H,11,13)(H,12,14). The molecule has 0 bridgehead atoms. The van der Waals surface area contributed by atoms with Crippen LogP contribution in [0.2, 0.25) is 0 Å². The Morgan fingerprint density at radius 2 is 1.71 bits per heavy atom. The fourth-order valence-electron chi connectivity index (χ4n) is 0.652. The van der Waals surface area contributed by atoms with E-state index in [9.17, 15) is 9.59 Å². The van der Waals surface area contributed by atoms with E-state index in [1.54, 1.807) is 0 Å². The molecule has 2 amide bonds. The Hall–Kier alpha value is -0.770. The molecule has 0 fully saturated rings. The van der Waals surface area contributed by atoms with Gasteiger partial charge in [0.1, 0.15) is 5.88 Å². The fourth-order valence-corrected chi connectivity index (χ4v) is 0.747. The number of hydrogen-bond donors (Lipinski definition) is 2. The van der Waals surface area contributed by atoms with Gasteiger partial charge in [0, 0.05) is 6.54 Å². The number of rotatable bonds is 4. The maximum atomic E-state index is 11.1. The highest BCUT2D eigenvalue weighted by atomic mass is 35.5. The van der Waals surface area contributed by atoms with E-state index in [1.165, 1.54) is 0 Å². The van der Waals surface area contributed by atoms with Crippen LogP contribution in [-0.4, -0.2) is 30.8 Å². The van der Waals surface area contributed by atoms with Crippen molar-refractivity contribution in [3.63, 3.8) is 0 Å². The highest BCUT2D eigenvalue weighted by Crippen LogP contribution is 2.09. The first kappa shape index (κ1) is 13.2. The van der Waals surface area contributed by atoms with Gasteiger partial charge >= 0.3 is 0 Å². The van der Waals surface area contributed by atoms with Crippen LogP contribution in [0.25, 0.3) is 0 Å². The summed E-state index contributed by atoms with van der Waals surface area (Å²) in [4.78, 5) is 21.8. The molecule has 0 atom stereocenters. The molecule has 0 aromatic rings. The van der Waals surface area contributed by atoms with Crippen LogP contribution in [0.15, 0.2) is 0 Å². The van der Waals surface area contributed by atoms with Crippen LogP contribution in [0, 0.1) is 5.41 Å². The van der Waals surface area contributed by atoms with Gasteiger partial charge in [-0.3, -0.25) is 9.59 Å². The van der Waals surface area contributed by atoms with Gasteiger partial charge in [-0.1, -0.05) is 20.8 Å². The Labute approximate surface area is 89.4 Å². The molecule has 0 saturated carbocycles. The quantitative estimate of drug-likeness (QED) is 0.678. The van der Waals surface area contributed by atoms with Crippen molar-refractivity contribution in [2.45, 2.75) is 20.8 Å². The van der Waals surface area contributed by atoms with Crippen LogP contribution < -0.4 is 10.6 Å². The maximum absolute atomic E-state index is 11.1. The first-order valence-electron chi connectivity index (χ1n) is 4.44. The third kappa shape index (κ3) is 7.86. The number of hydrogen-bond acceptors (Lipinski definition) is 2. The van der Waals surface area contributed by atoms with Gasteiger partial charge < -0.3 is 10.6 Å². The molecule has 0 spiro atoms. The molecule has 0 radical (unpaired) electrons. The number of alkyl halides is 1. The topological polar surface area (TPSA) is 58.2 Å². The summed E-state index contributed by atoms with van der Waals surface area (Å²) in [5.74, 6) is -0.650. The van der Waals surface area contributed by atoms with Crippen molar-refractivity contribution in [2.24, 2.45) is 5.41 Å². The summed E-state index contributed by atoms with van der Waals surface area (Å²) < 4.78 is 0. The number of carbonyl (C=O) groups is 2. The van der Waals surface area contributed by atoms with E-state index in [2.05, 4.69) is 10.6 Å². The Morgan fingerprint density at radius 1 is 1.14 bits per heavy atom. The second-order valence-electron chi connectivity index (χ2n) is 4.25. The molecule has 0 heterocycles. The van der Waals surface area contributed by atoms with Gasteiger partial charge in [0.2, 0.25) is 11.8 Å². The number of nitrogens with one attached hydrogen (secondary N) is 2. The van der Waals surface area contributed by atoms with Gasteiger partial charge in [-0.05, 0) is 5.41 Å². The van der Waals surface area contributed by atoms with E-state index < -0.39 is 0 Å². The smallest absolute Gasteiger partial charge is 0.239 e. The monoisotopic (exact) mass is 220 g/mol. The minimum absolute atomic E-state index is 0.0123. The number of carbonyl (C=O) groups excluding carboxylic acids is 2. The normalized spacial score (nSPS) is 10.9. The van der Waals surface area contributed by atoms with E-state index in [0.29, 0.717) is 6.54 Å². The third-order valence-electron chi connectivity index (χ3n) is 1.38. The molecule has 0 unspecified atom stereocenters. The van der Waals surface area contributed by atoms with Gasteiger partial charge in [0.25, 0.3) is 0 Å². The minimum atomic E-state index is -0.336. The predicted molar refractivity (Wildman–Crippen MR) is 56.2 cm³/mol. The summed E-state index contributed by atoms with van der Waals surface area (Å²) in [5, 5.41) is 5.09. The van der Waals surface area contributed by atoms with Gasteiger partial charge in [0.15, 0.2) is 0 Å². The van der Waals surface area contributed by atoms with Gasteiger partial charge in [0.05, 0.1) is 6.54 Å². The first-order chi connectivity index (χ1) is 6.35. The molecular weight excluding hydrogens is 204 g/mol. The lowest BCUT2D eigenvalue weighted by Gasteiger charge is -2.18. The molecule has 82 valence electrons. The van der Waals surface area contributed by atoms with Crippen molar-refractivity contribution in [3.05, 3.63) is 0 Å². The second-order valence-corrected chi connectivity index (χ2v) is 4.52. The highest BCUT2D eigenvalue weighted by Gasteiger charge is 2.11. The molecule has 2 N–H and O–H groups in total. The predicted octanol–water partition coefficient (Wildman–Crippen LogP) is 0.504. The minimum Gasteiger partial charge on any atom is -0.354 e. The average Bonchev–Trinajstić information content (AvgIpc) is 2.09. The lowest BCUT2D eigenvalue weighted by Crippen LogP contribution is -2.40. The van der Waals surface area contributed by atoms with Gasteiger partial charge in [-0.15, -0.1) is 11.6 Å². The molecule has 5 heteroatoms. The van der Waals surface area contributed by atoms with Crippen molar-refractivity contribution in [1.29, 1.82) is 0 Å². The lowest BCUT2D eigenvalue weighted by atomic mass is 9.97. The molecular formula is C9H17ClN2O2. The molecule has 0 aromatic heterocycles. The van der Waals surface area contributed by atoms with Crippen molar-refractivity contribution in [3.8, 4) is 0 Å². The Balaban J connectivity index is 3.62. The van der Waals surface area contributed by atoms with Crippen LogP contribution in [0.3, 0.4) is 0 Å².